The van der Waals surface area contributed by atoms with Crippen LogP contribution >= 0.6 is 11.3 Å². The molecule has 0 aliphatic rings. The zero-order valence-electron chi connectivity index (χ0n) is 17.3. The molecule has 0 fully saturated rings. The molecule has 2 aromatic heterocycles. The molecule has 0 saturated carbocycles. The van der Waals surface area contributed by atoms with Crippen LogP contribution in [0.15, 0.2) is 42.7 Å². The highest BCUT2D eigenvalue weighted by molar-refractivity contribution is 7.20. The average Bonchev–Trinajstić information content (AvgIpc) is 3.07. The lowest BCUT2D eigenvalue weighted by Gasteiger charge is -2.20. The molecule has 0 aliphatic heterocycles. The van der Waals surface area contributed by atoms with E-state index >= 15 is 0 Å². The van der Waals surface area contributed by atoms with Crippen LogP contribution in [0, 0.1) is 6.92 Å². The number of amides is 1. The third-order valence-corrected chi connectivity index (χ3v) is 5.88. The molecule has 2 heterocycles. The first-order valence-corrected chi connectivity index (χ1v) is 10.3. The second-order valence-electron chi connectivity index (χ2n) is 6.90. The van der Waals surface area contributed by atoms with Crippen molar-refractivity contribution in [1.82, 2.24) is 14.9 Å². The number of hydrogen-bond acceptors (Lipinski definition) is 6. The number of carbonyl (C=O) groups excluding carboxylic acids is 1. The smallest absolute Gasteiger partial charge is 0.264 e. The Morgan fingerprint density at radius 2 is 2.07 bits per heavy atom. The van der Waals surface area contributed by atoms with Gasteiger partial charge in [-0.25, -0.2) is 9.97 Å². The highest BCUT2D eigenvalue weighted by Gasteiger charge is 2.23. The first-order chi connectivity index (χ1) is 14.0. The number of thiophene rings is 1. The van der Waals surface area contributed by atoms with Gasteiger partial charge in [0.15, 0.2) is 0 Å². The third kappa shape index (κ3) is 4.40. The SMILES string of the molecule is C=C(C)CN(CC)C(=O)c1sc2ncnc(NCc3ccccc3OC)c2c1C. The van der Waals surface area contributed by atoms with Gasteiger partial charge in [-0.2, -0.15) is 0 Å². The Labute approximate surface area is 175 Å². The van der Waals surface area contributed by atoms with Gasteiger partial charge in [-0.05, 0) is 32.4 Å². The van der Waals surface area contributed by atoms with E-state index in [-0.39, 0.29) is 5.91 Å². The number of anilines is 1. The lowest BCUT2D eigenvalue weighted by atomic mass is 10.1. The number of likely N-dealkylation sites (N-methyl/N-ethyl adjacent to an activating group) is 1. The molecule has 29 heavy (non-hydrogen) atoms. The summed E-state index contributed by atoms with van der Waals surface area (Å²) in [5.74, 6) is 1.55. The number of nitrogens with zero attached hydrogens (tertiary/aromatic N) is 3. The minimum atomic E-state index is 0.00618. The number of nitrogens with one attached hydrogen (secondary N) is 1. The van der Waals surface area contributed by atoms with Crippen LogP contribution in [0.5, 0.6) is 5.75 Å². The molecular weight excluding hydrogens is 384 g/mol. The minimum absolute atomic E-state index is 0.00618. The van der Waals surface area contributed by atoms with Gasteiger partial charge < -0.3 is 15.0 Å². The quantitative estimate of drug-likeness (QED) is 0.547. The number of methoxy groups -OCH3 is 1. The fraction of sp³-hybridized carbons (Fsp3) is 0.318. The monoisotopic (exact) mass is 410 g/mol. The zero-order chi connectivity index (χ0) is 21.0. The second kappa shape index (κ2) is 9.05. The summed E-state index contributed by atoms with van der Waals surface area (Å²) in [6.07, 6.45) is 1.53. The predicted octanol–water partition coefficient (Wildman–Crippen LogP) is 4.66. The molecular formula is C22H26N4O2S. The molecule has 0 radical (unpaired) electrons. The van der Waals surface area contributed by atoms with Crippen LogP contribution < -0.4 is 10.1 Å². The van der Waals surface area contributed by atoms with Crippen molar-refractivity contribution in [3.05, 3.63) is 58.7 Å². The zero-order valence-corrected chi connectivity index (χ0v) is 18.1. The van der Waals surface area contributed by atoms with Gasteiger partial charge in [0.25, 0.3) is 5.91 Å². The molecule has 0 atom stereocenters. The molecule has 6 nitrogen and oxygen atoms in total. The van der Waals surface area contributed by atoms with Crippen molar-refractivity contribution in [1.29, 1.82) is 0 Å². The van der Waals surface area contributed by atoms with Gasteiger partial charge in [0.1, 0.15) is 22.7 Å². The van der Waals surface area contributed by atoms with Crippen LogP contribution in [0.25, 0.3) is 10.2 Å². The van der Waals surface area contributed by atoms with E-state index in [4.69, 9.17) is 4.74 Å². The summed E-state index contributed by atoms with van der Waals surface area (Å²) < 4.78 is 5.42. The maximum atomic E-state index is 13.1. The van der Waals surface area contributed by atoms with Crippen molar-refractivity contribution >= 4 is 33.3 Å². The molecule has 0 aliphatic carbocycles. The van der Waals surface area contributed by atoms with Gasteiger partial charge in [-0.1, -0.05) is 30.4 Å². The Bertz CT molecular complexity index is 1040. The Kier molecular flexibility index (Phi) is 6.49. The molecule has 152 valence electrons. The van der Waals surface area contributed by atoms with Crippen molar-refractivity contribution in [2.24, 2.45) is 0 Å². The van der Waals surface area contributed by atoms with E-state index in [2.05, 4.69) is 21.9 Å². The summed E-state index contributed by atoms with van der Waals surface area (Å²) in [6.45, 7) is 11.5. The highest BCUT2D eigenvalue weighted by Crippen LogP contribution is 2.34. The Morgan fingerprint density at radius 1 is 1.31 bits per heavy atom. The van der Waals surface area contributed by atoms with E-state index in [0.29, 0.717) is 24.5 Å². The van der Waals surface area contributed by atoms with Crippen molar-refractivity contribution < 1.29 is 9.53 Å². The number of benzene rings is 1. The van der Waals surface area contributed by atoms with E-state index < -0.39 is 0 Å². The van der Waals surface area contributed by atoms with E-state index in [9.17, 15) is 4.79 Å². The predicted molar refractivity (Wildman–Crippen MR) is 119 cm³/mol. The normalized spacial score (nSPS) is 10.8. The molecule has 0 bridgehead atoms. The van der Waals surface area contributed by atoms with Crippen LogP contribution in [-0.2, 0) is 6.54 Å². The summed E-state index contributed by atoms with van der Waals surface area (Å²) in [6, 6.07) is 7.86. The average molecular weight is 411 g/mol. The molecule has 3 rings (SSSR count). The van der Waals surface area contributed by atoms with E-state index in [1.807, 2.05) is 45.0 Å². The van der Waals surface area contributed by atoms with Gasteiger partial charge in [0.05, 0.1) is 17.4 Å². The lowest BCUT2D eigenvalue weighted by molar-refractivity contribution is 0.0782. The molecule has 1 amide bonds. The highest BCUT2D eigenvalue weighted by atomic mass is 32.1. The standard InChI is InChI=1S/C22H26N4O2S/c1-6-26(12-14(2)3)22(27)19-15(4)18-20(24-13-25-21(18)29-19)23-11-16-9-7-8-10-17(16)28-5/h7-10,13H,2,6,11-12H2,1,3-5H3,(H,23,24,25). The maximum absolute atomic E-state index is 13.1. The number of aromatic nitrogens is 2. The fourth-order valence-electron chi connectivity index (χ4n) is 3.23. The first kappa shape index (κ1) is 20.8. The second-order valence-corrected chi connectivity index (χ2v) is 7.90. The molecule has 0 saturated heterocycles. The van der Waals surface area contributed by atoms with Gasteiger partial charge in [-0.15, -0.1) is 11.3 Å². The summed E-state index contributed by atoms with van der Waals surface area (Å²) in [7, 11) is 1.66. The summed E-state index contributed by atoms with van der Waals surface area (Å²) in [4.78, 5) is 25.2. The van der Waals surface area contributed by atoms with Crippen molar-refractivity contribution in [3.63, 3.8) is 0 Å². The first-order valence-electron chi connectivity index (χ1n) is 9.49. The molecule has 0 unspecified atom stereocenters. The largest absolute Gasteiger partial charge is 0.496 e. The number of ether oxygens (including phenoxy) is 1. The Morgan fingerprint density at radius 3 is 2.76 bits per heavy atom. The number of aryl methyl sites for hydroxylation is 1. The fourth-order valence-corrected chi connectivity index (χ4v) is 4.35. The molecule has 1 N–H and O–H groups in total. The van der Waals surface area contributed by atoms with E-state index in [0.717, 1.165) is 38.5 Å². The number of hydrogen-bond donors (Lipinski definition) is 1. The molecule has 3 aromatic rings. The minimum Gasteiger partial charge on any atom is -0.496 e. The topological polar surface area (TPSA) is 67.4 Å². The number of carbonyl (C=O) groups is 1. The van der Waals surface area contributed by atoms with Crippen LogP contribution in [0.1, 0.15) is 34.6 Å². The third-order valence-electron chi connectivity index (χ3n) is 4.69. The van der Waals surface area contributed by atoms with Crippen LogP contribution in [0.2, 0.25) is 0 Å². The number of fused-ring (bicyclic) bond motifs is 1. The molecule has 1 aromatic carbocycles. The Hall–Kier alpha value is -2.93. The van der Waals surface area contributed by atoms with Crippen molar-refractivity contribution in [3.8, 4) is 5.75 Å². The Balaban J connectivity index is 1.93. The van der Waals surface area contributed by atoms with E-state index in [1.165, 1.54) is 17.7 Å². The molecule has 7 heteroatoms. The van der Waals surface area contributed by atoms with Crippen molar-refractivity contribution in [2.75, 3.05) is 25.5 Å². The van der Waals surface area contributed by atoms with Crippen molar-refractivity contribution in [2.45, 2.75) is 27.3 Å². The summed E-state index contributed by atoms with van der Waals surface area (Å²) >= 11 is 1.41. The van der Waals surface area contributed by atoms with Crippen LogP contribution in [-0.4, -0.2) is 41.0 Å². The lowest BCUT2D eigenvalue weighted by Crippen LogP contribution is -2.31. The van der Waals surface area contributed by atoms with Gasteiger partial charge in [-0.3, -0.25) is 4.79 Å². The van der Waals surface area contributed by atoms with Gasteiger partial charge in [0, 0.05) is 25.2 Å². The number of para-hydroxylation sites is 1. The van der Waals surface area contributed by atoms with Crippen LogP contribution in [0.3, 0.4) is 0 Å². The maximum Gasteiger partial charge on any atom is 0.264 e. The summed E-state index contributed by atoms with van der Waals surface area (Å²) in [5, 5.41) is 4.27. The van der Waals surface area contributed by atoms with Crippen LogP contribution in [0.4, 0.5) is 5.82 Å². The summed E-state index contributed by atoms with van der Waals surface area (Å²) in [5.41, 5.74) is 2.89. The molecule has 0 spiro atoms. The van der Waals surface area contributed by atoms with E-state index in [1.54, 1.807) is 12.0 Å². The van der Waals surface area contributed by atoms with Gasteiger partial charge >= 0.3 is 0 Å². The van der Waals surface area contributed by atoms with Gasteiger partial charge in [0.2, 0.25) is 0 Å². The number of rotatable bonds is 8.